The molecule has 6 nitrogen and oxygen atoms in total. The lowest BCUT2D eigenvalue weighted by atomic mass is 10.0. The van der Waals surface area contributed by atoms with E-state index in [0.29, 0.717) is 0 Å². The predicted octanol–water partition coefficient (Wildman–Crippen LogP) is 4.42. The lowest BCUT2D eigenvalue weighted by Gasteiger charge is -2.22. The normalized spacial score (nSPS) is 11.9. The molecule has 0 spiro atoms. The molecule has 4 rings (SSSR count). The van der Waals surface area contributed by atoms with Crippen molar-refractivity contribution in [1.29, 1.82) is 0 Å². The summed E-state index contributed by atoms with van der Waals surface area (Å²) in [5.41, 5.74) is -1.14. The second-order valence-corrected chi connectivity index (χ2v) is 8.52. The van der Waals surface area contributed by atoms with Gasteiger partial charge in [0.25, 0.3) is 5.56 Å². The van der Waals surface area contributed by atoms with Crippen LogP contribution in [0.5, 0.6) is 5.75 Å². The first-order valence-electron chi connectivity index (χ1n) is 11.6. The fourth-order valence-electron chi connectivity index (χ4n) is 4.39. The quantitative estimate of drug-likeness (QED) is 0.382. The van der Waals surface area contributed by atoms with Crippen molar-refractivity contribution in [3.8, 4) is 16.9 Å². The molecule has 0 saturated heterocycles. The van der Waals surface area contributed by atoms with Gasteiger partial charge in [-0.2, -0.15) is 0 Å². The molecule has 0 aliphatic heterocycles. The van der Waals surface area contributed by atoms with E-state index in [0.717, 1.165) is 26.8 Å². The number of rotatable bonds is 8. The Labute approximate surface area is 211 Å². The monoisotopic (exact) mass is 509 g/mol. The van der Waals surface area contributed by atoms with Crippen molar-refractivity contribution in [3.63, 3.8) is 0 Å². The van der Waals surface area contributed by atoms with E-state index in [2.05, 4.69) is 5.32 Å². The highest BCUT2D eigenvalue weighted by Crippen LogP contribution is 2.29. The van der Waals surface area contributed by atoms with Crippen molar-refractivity contribution in [2.75, 3.05) is 14.2 Å². The van der Waals surface area contributed by atoms with Crippen LogP contribution in [0, 0.1) is 24.4 Å². The summed E-state index contributed by atoms with van der Waals surface area (Å²) in [6.45, 7) is 0.862. The van der Waals surface area contributed by atoms with E-state index in [4.69, 9.17) is 4.74 Å². The molecule has 0 amide bonds. The Morgan fingerprint density at radius 2 is 1.54 bits per heavy atom. The van der Waals surface area contributed by atoms with Crippen LogP contribution in [0.15, 0.2) is 76.3 Å². The first-order chi connectivity index (χ1) is 17.8. The molecule has 0 aliphatic rings. The molecule has 192 valence electrons. The van der Waals surface area contributed by atoms with Crippen LogP contribution in [-0.4, -0.2) is 23.3 Å². The highest BCUT2D eigenvalue weighted by molar-refractivity contribution is 5.67. The fourth-order valence-corrected chi connectivity index (χ4v) is 4.39. The number of halogens is 3. The van der Waals surface area contributed by atoms with Crippen LogP contribution in [0.2, 0.25) is 0 Å². The summed E-state index contributed by atoms with van der Waals surface area (Å²) in [6.07, 6.45) is 0. The molecule has 3 aromatic carbocycles. The number of methoxy groups -OCH3 is 1. The smallest absolute Gasteiger partial charge is 0.331 e. The molecule has 1 N–H and O–H groups in total. The van der Waals surface area contributed by atoms with Crippen LogP contribution >= 0.6 is 0 Å². The maximum Gasteiger partial charge on any atom is 0.331 e. The number of hydrogen-bond acceptors (Lipinski definition) is 4. The number of hydrogen-bond donors (Lipinski definition) is 1. The van der Waals surface area contributed by atoms with Crippen molar-refractivity contribution in [1.82, 2.24) is 14.5 Å². The topological polar surface area (TPSA) is 65.3 Å². The summed E-state index contributed by atoms with van der Waals surface area (Å²) in [5, 5.41) is 3.09. The molecule has 37 heavy (non-hydrogen) atoms. The molecule has 1 atom stereocenters. The minimum Gasteiger partial charge on any atom is -0.494 e. The predicted molar refractivity (Wildman–Crippen MR) is 135 cm³/mol. The zero-order valence-electron chi connectivity index (χ0n) is 20.6. The van der Waals surface area contributed by atoms with Gasteiger partial charge in [-0.3, -0.25) is 13.9 Å². The maximum atomic E-state index is 15.3. The average molecular weight is 510 g/mol. The second kappa shape index (κ2) is 10.9. The summed E-state index contributed by atoms with van der Waals surface area (Å²) < 4.78 is 51.6. The van der Waals surface area contributed by atoms with Gasteiger partial charge in [-0.25, -0.2) is 18.0 Å². The summed E-state index contributed by atoms with van der Waals surface area (Å²) in [5.74, 6) is -2.54. The highest BCUT2D eigenvalue weighted by Gasteiger charge is 2.24. The van der Waals surface area contributed by atoms with E-state index in [1.165, 1.54) is 38.3 Å². The van der Waals surface area contributed by atoms with E-state index < -0.39 is 41.3 Å². The summed E-state index contributed by atoms with van der Waals surface area (Å²) >= 11 is 0. The van der Waals surface area contributed by atoms with Gasteiger partial charge in [0.05, 0.1) is 31.8 Å². The van der Waals surface area contributed by atoms with Crippen LogP contribution in [0.1, 0.15) is 22.9 Å². The van der Waals surface area contributed by atoms with Crippen LogP contribution in [-0.2, 0) is 13.1 Å². The van der Waals surface area contributed by atoms with Gasteiger partial charge < -0.3 is 10.1 Å². The number of aromatic nitrogens is 2. The SMILES string of the molecule is CN[C@@H](Cn1c(=O)c(-c2cccc(OC)c2F)c(C)n(Cc2c(F)cccc2F)c1=O)c1ccccc1. The molecule has 0 unspecified atom stereocenters. The maximum absolute atomic E-state index is 15.3. The molecule has 0 fully saturated rings. The Morgan fingerprint density at radius 3 is 2.16 bits per heavy atom. The molecule has 4 aromatic rings. The van der Waals surface area contributed by atoms with Crippen LogP contribution in [0.4, 0.5) is 13.2 Å². The van der Waals surface area contributed by atoms with E-state index in [1.807, 2.05) is 30.3 Å². The number of nitrogens with zero attached hydrogens (tertiary/aromatic N) is 2. The third kappa shape index (κ3) is 4.95. The van der Waals surface area contributed by atoms with E-state index in [1.54, 1.807) is 7.05 Å². The molecule has 1 aromatic heterocycles. The van der Waals surface area contributed by atoms with Gasteiger partial charge in [-0.15, -0.1) is 0 Å². The van der Waals surface area contributed by atoms with Gasteiger partial charge in [0, 0.05) is 16.8 Å². The fraction of sp³-hybridized carbons (Fsp3) is 0.214. The van der Waals surface area contributed by atoms with E-state index >= 15 is 4.39 Å². The third-order valence-electron chi connectivity index (χ3n) is 6.43. The summed E-state index contributed by atoms with van der Waals surface area (Å²) in [7, 11) is 2.99. The molecule has 0 radical (unpaired) electrons. The van der Waals surface area contributed by atoms with Gasteiger partial charge >= 0.3 is 5.69 Å². The Balaban J connectivity index is 1.99. The number of nitrogens with one attached hydrogen (secondary N) is 1. The lowest BCUT2D eigenvalue weighted by molar-refractivity contribution is 0.387. The Hall–Kier alpha value is -4.11. The standard InChI is InChI=1S/C28H26F3N3O3/c1-17-25(19-11-7-14-24(37-3)26(19)31)27(35)34(16-23(32-2)18-9-5-4-6-10-18)28(36)33(17)15-20-21(29)12-8-13-22(20)30/h4-14,23,32H,15-16H2,1-3H3/t23-/m0/s1. The molecule has 0 aliphatic carbocycles. The highest BCUT2D eigenvalue weighted by atomic mass is 19.1. The molecule has 0 bridgehead atoms. The van der Waals surface area contributed by atoms with Crippen LogP contribution in [0.3, 0.4) is 0 Å². The largest absolute Gasteiger partial charge is 0.494 e. The molecular formula is C28H26F3N3O3. The lowest BCUT2D eigenvalue weighted by Crippen LogP contribution is -2.44. The van der Waals surface area contributed by atoms with Crippen molar-refractivity contribution in [2.45, 2.75) is 26.1 Å². The van der Waals surface area contributed by atoms with Crippen LogP contribution in [0.25, 0.3) is 11.1 Å². The Morgan fingerprint density at radius 1 is 0.892 bits per heavy atom. The molecule has 0 saturated carbocycles. The summed E-state index contributed by atoms with van der Waals surface area (Å²) in [4.78, 5) is 27.4. The first kappa shape index (κ1) is 26.0. The van der Waals surface area contributed by atoms with Gasteiger partial charge in [-0.05, 0) is 37.7 Å². The third-order valence-corrected chi connectivity index (χ3v) is 6.43. The van der Waals surface area contributed by atoms with Gasteiger partial charge in [0.15, 0.2) is 11.6 Å². The number of benzene rings is 3. The number of ether oxygens (including phenoxy) is 1. The van der Waals surface area contributed by atoms with Crippen molar-refractivity contribution < 1.29 is 17.9 Å². The van der Waals surface area contributed by atoms with Crippen molar-refractivity contribution in [2.24, 2.45) is 0 Å². The first-order valence-corrected chi connectivity index (χ1v) is 11.6. The molecular weight excluding hydrogens is 483 g/mol. The average Bonchev–Trinajstić information content (AvgIpc) is 2.89. The van der Waals surface area contributed by atoms with E-state index in [-0.39, 0.29) is 34.7 Å². The minimum atomic E-state index is -0.837. The van der Waals surface area contributed by atoms with Gasteiger partial charge in [0.2, 0.25) is 0 Å². The zero-order valence-corrected chi connectivity index (χ0v) is 20.6. The summed E-state index contributed by atoms with van der Waals surface area (Å²) in [6, 6.07) is 16.5. The van der Waals surface area contributed by atoms with Gasteiger partial charge in [0.1, 0.15) is 11.6 Å². The minimum absolute atomic E-state index is 0.0711. The molecule has 1 heterocycles. The number of likely N-dealkylation sites (N-methyl/N-ethyl adjacent to an activating group) is 1. The zero-order chi connectivity index (χ0) is 26.7. The van der Waals surface area contributed by atoms with Crippen molar-refractivity contribution >= 4 is 0 Å². The van der Waals surface area contributed by atoms with Crippen LogP contribution < -0.4 is 21.3 Å². The van der Waals surface area contributed by atoms with E-state index in [9.17, 15) is 18.4 Å². The van der Waals surface area contributed by atoms with Gasteiger partial charge in [-0.1, -0.05) is 48.5 Å². The Bertz CT molecular complexity index is 1530. The second-order valence-electron chi connectivity index (χ2n) is 8.52. The molecule has 9 heteroatoms. The Kier molecular flexibility index (Phi) is 7.63. The van der Waals surface area contributed by atoms with Crippen molar-refractivity contribution in [3.05, 3.63) is 122 Å².